The van der Waals surface area contributed by atoms with Crippen molar-refractivity contribution in [3.8, 4) is 0 Å². The maximum atomic E-state index is 11.5. The summed E-state index contributed by atoms with van der Waals surface area (Å²) in [5.74, 6) is -0.222. The summed E-state index contributed by atoms with van der Waals surface area (Å²) in [6.07, 6.45) is 1.18. The molecule has 0 spiro atoms. The molecule has 0 radical (unpaired) electrons. The standard InChI is InChI=1S/C9H10BrN5O3/c10-4-2-15-7-1-5(13-14-11)6(18-7)3-17-9(15)12-8(4)16/h2,5-7,9H,1,3H2,(H,12,16)/t5?,6-,7-,9?/m1/s1. The number of fused-ring (bicyclic) bond motifs is 4. The Kier molecular flexibility index (Phi) is 2.90. The molecule has 0 aromatic rings. The van der Waals surface area contributed by atoms with Crippen molar-refractivity contribution in [1.82, 2.24) is 10.2 Å². The van der Waals surface area contributed by atoms with Crippen LogP contribution in [-0.2, 0) is 14.3 Å². The van der Waals surface area contributed by atoms with E-state index < -0.39 is 6.35 Å². The number of amides is 1. The summed E-state index contributed by atoms with van der Waals surface area (Å²) in [6, 6.07) is -0.231. The number of azide groups is 1. The van der Waals surface area contributed by atoms with Crippen LogP contribution in [0.4, 0.5) is 0 Å². The molecule has 2 bridgehead atoms. The number of nitrogens with one attached hydrogen (secondary N) is 1. The van der Waals surface area contributed by atoms with E-state index in [2.05, 4.69) is 31.3 Å². The molecule has 3 heterocycles. The van der Waals surface area contributed by atoms with Gasteiger partial charge in [0.15, 0.2) is 0 Å². The molecular formula is C9H10BrN5O3. The van der Waals surface area contributed by atoms with Gasteiger partial charge in [-0.1, -0.05) is 5.11 Å². The minimum absolute atomic E-state index is 0.222. The van der Waals surface area contributed by atoms with E-state index in [1.807, 2.05) is 0 Å². The molecule has 1 N–H and O–H groups in total. The lowest BCUT2D eigenvalue weighted by Crippen LogP contribution is -2.54. The zero-order valence-corrected chi connectivity index (χ0v) is 10.8. The molecule has 3 aliphatic rings. The SMILES string of the molecule is [N-]=[N+]=NC1C[C@H]2O[C@@H]1COC1NC(=O)C(Br)=CN12. The van der Waals surface area contributed by atoms with Gasteiger partial charge in [0, 0.05) is 17.5 Å². The highest BCUT2D eigenvalue weighted by atomic mass is 79.9. The molecule has 4 atom stereocenters. The van der Waals surface area contributed by atoms with Gasteiger partial charge in [0.2, 0.25) is 6.35 Å². The first-order valence-corrected chi connectivity index (χ1v) is 6.25. The van der Waals surface area contributed by atoms with E-state index in [-0.39, 0.29) is 30.9 Å². The largest absolute Gasteiger partial charge is 0.352 e. The number of ether oxygens (including phenoxy) is 2. The molecular weight excluding hydrogens is 306 g/mol. The Bertz CT molecular complexity index is 463. The van der Waals surface area contributed by atoms with E-state index in [0.717, 1.165) is 0 Å². The first-order valence-electron chi connectivity index (χ1n) is 5.46. The maximum absolute atomic E-state index is 11.5. The molecule has 0 aliphatic carbocycles. The van der Waals surface area contributed by atoms with Gasteiger partial charge in [-0.2, -0.15) is 0 Å². The van der Waals surface area contributed by atoms with Gasteiger partial charge in [0.25, 0.3) is 5.91 Å². The van der Waals surface area contributed by atoms with Crippen molar-refractivity contribution in [2.75, 3.05) is 6.61 Å². The Morgan fingerprint density at radius 1 is 1.67 bits per heavy atom. The quantitative estimate of drug-likeness (QED) is 0.438. The summed E-state index contributed by atoms with van der Waals surface area (Å²) in [5, 5.41) is 6.41. The topological polar surface area (TPSA) is 99.6 Å². The number of carbonyl (C=O) groups excluding carboxylic acids is 1. The summed E-state index contributed by atoms with van der Waals surface area (Å²) < 4.78 is 11.7. The summed E-state index contributed by atoms with van der Waals surface area (Å²) in [4.78, 5) is 16.1. The zero-order valence-electron chi connectivity index (χ0n) is 9.19. The van der Waals surface area contributed by atoms with Crippen LogP contribution in [0.1, 0.15) is 6.42 Å². The molecule has 8 nitrogen and oxygen atoms in total. The summed E-state index contributed by atoms with van der Waals surface area (Å²) in [6.45, 7) is 0.285. The second-order valence-electron chi connectivity index (χ2n) is 4.22. The second-order valence-corrected chi connectivity index (χ2v) is 5.07. The molecule has 3 rings (SSSR count). The van der Waals surface area contributed by atoms with Gasteiger partial charge in [0.1, 0.15) is 6.23 Å². The van der Waals surface area contributed by atoms with Crippen molar-refractivity contribution in [2.24, 2.45) is 5.11 Å². The highest BCUT2D eigenvalue weighted by Crippen LogP contribution is 2.32. The lowest BCUT2D eigenvalue weighted by Gasteiger charge is -2.36. The number of halogens is 1. The van der Waals surface area contributed by atoms with Crippen molar-refractivity contribution >= 4 is 21.8 Å². The highest BCUT2D eigenvalue weighted by molar-refractivity contribution is 9.12. The van der Waals surface area contributed by atoms with Crippen LogP contribution in [0.5, 0.6) is 0 Å². The Hall–Kier alpha value is -1.28. The van der Waals surface area contributed by atoms with Gasteiger partial charge in [0.05, 0.1) is 23.2 Å². The van der Waals surface area contributed by atoms with Crippen LogP contribution in [0.2, 0.25) is 0 Å². The van der Waals surface area contributed by atoms with Crippen LogP contribution >= 0.6 is 15.9 Å². The third-order valence-corrected chi connectivity index (χ3v) is 3.72. The monoisotopic (exact) mass is 315 g/mol. The van der Waals surface area contributed by atoms with Crippen LogP contribution in [0, 0.1) is 0 Å². The van der Waals surface area contributed by atoms with Gasteiger partial charge in [-0.3, -0.25) is 4.79 Å². The molecule has 0 saturated carbocycles. The molecule has 1 amide bonds. The van der Waals surface area contributed by atoms with Crippen LogP contribution in [0.3, 0.4) is 0 Å². The third-order valence-electron chi connectivity index (χ3n) is 3.16. The lowest BCUT2D eigenvalue weighted by molar-refractivity contribution is -0.133. The molecule has 3 aliphatic heterocycles. The smallest absolute Gasteiger partial charge is 0.263 e. The Morgan fingerprint density at radius 2 is 2.50 bits per heavy atom. The first-order chi connectivity index (χ1) is 8.69. The van der Waals surface area contributed by atoms with Gasteiger partial charge in [-0.15, -0.1) is 0 Å². The molecule has 96 valence electrons. The summed E-state index contributed by atoms with van der Waals surface area (Å²) in [5.41, 5.74) is 8.50. The first kappa shape index (κ1) is 11.8. The van der Waals surface area contributed by atoms with Crippen LogP contribution in [0.25, 0.3) is 10.4 Å². The van der Waals surface area contributed by atoms with E-state index in [4.69, 9.17) is 15.0 Å². The predicted molar refractivity (Wildman–Crippen MR) is 62.9 cm³/mol. The van der Waals surface area contributed by atoms with Crippen LogP contribution in [-0.4, -0.2) is 42.1 Å². The normalized spacial score (nSPS) is 38.2. The average Bonchev–Trinajstić information content (AvgIpc) is 2.65. The van der Waals surface area contributed by atoms with E-state index >= 15 is 0 Å². The van der Waals surface area contributed by atoms with Crippen molar-refractivity contribution in [3.63, 3.8) is 0 Å². The molecule has 2 unspecified atom stereocenters. The maximum Gasteiger partial charge on any atom is 0.263 e. The van der Waals surface area contributed by atoms with Crippen molar-refractivity contribution in [2.45, 2.75) is 31.1 Å². The fourth-order valence-electron chi connectivity index (χ4n) is 2.30. The van der Waals surface area contributed by atoms with E-state index in [0.29, 0.717) is 10.9 Å². The van der Waals surface area contributed by atoms with Gasteiger partial charge in [-0.05, 0) is 21.5 Å². The lowest BCUT2D eigenvalue weighted by atomic mass is 10.1. The molecule has 2 fully saturated rings. The summed E-state index contributed by atoms with van der Waals surface area (Å²) >= 11 is 3.17. The minimum Gasteiger partial charge on any atom is -0.352 e. The van der Waals surface area contributed by atoms with E-state index in [1.54, 1.807) is 11.1 Å². The molecule has 18 heavy (non-hydrogen) atoms. The molecule has 2 saturated heterocycles. The Labute approximate surface area is 111 Å². The van der Waals surface area contributed by atoms with Crippen molar-refractivity contribution < 1.29 is 14.3 Å². The number of hydrogen-bond acceptors (Lipinski definition) is 5. The van der Waals surface area contributed by atoms with Crippen molar-refractivity contribution in [1.29, 1.82) is 0 Å². The highest BCUT2D eigenvalue weighted by Gasteiger charge is 2.44. The second kappa shape index (κ2) is 4.43. The van der Waals surface area contributed by atoms with E-state index in [9.17, 15) is 4.79 Å². The van der Waals surface area contributed by atoms with Crippen LogP contribution < -0.4 is 5.32 Å². The molecule has 0 aromatic carbocycles. The van der Waals surface area contributed by atoms with Crippen molar-refractivity contribution in [3.05, 3.63) is 21.1 Å². The number of nitrogens with zero attached hydrogens (tertiary/aromatic N) is 4. The fourth-order valence-corrected chi connectivity index (χ4v) is 2.65. The van der Waals surface area contributed by atoms with Crippen LogP contribution in [0.15, 0.2) is 15.8 Å². The zero-order chi connectivity index (χ0) is 12.7. The van der Waals surface area contributed by atoms with Gasteiger partial charge in [-0.25, -0.2) is 0 Å². The minimum atomic E-state index is -0.527. The Morgan fingerprint density at radius 3 is 3.28 bits per heavy atom. The number of hydrogen-bond donors (Lipinski definition) is 1. The third kappa shape index (κ3) is 1.85. The van der Waals surface area contributed by atoms with Gasteiger partial charge < -0.3 is 19.7 Å². The average molecular weight is 316 g/mol. The number of carbonyl (C=O) groups is 1. The van der Waals surface area contributed by atoms with E-state index in [1.165, 1.54) is 0 Å². The number of rotatable bonds is 1. The Balaban J connectivity index is 1.87. The summed E-state index contributed by atoms with van der Waals surface area (Å²) in [7, 11) is 0. The van der Waals surface area contributed by atoms with Gasteiger partial charge >= 0.3 is 0 Å². The molecule has 9 heteroatoms. The molecule has 0 aromatic heterocycles. The predicted octanol–water partition coefficient (Wildman–Crippen LogP) is 0.762. The fraction of sp³-hybridized carbons (Fsp3) is 0.667.